The first-order valence-corrected chi connectivity index (χ1v) is 5.22. The van der Waals surface area contributed by atoms with Gasteiger partial charge in [0.2, 0.25) is 11.8 Å². The van der Waals surface area contributed by atoms with Gasteiger partial charge in [0.05, 0.1) is 13.1 Å². The fourth-order valence-electron chi connectivity index (χ4n) is 0.954. The van der Waals surface area contributed by atoms with Gasteiger partial charge >= 0.3 is 0 Å². The fourth-order valence-corrected chi connectivity index (χ4v) is 2.39. The monoisotopic (exact) mass is 220 g/mol. The Morgan fingerprint density at radius 2 is 1.54 bits per heavy atom. The van der Waals surface area contributed by atoms with Crippen molar-refractivity contribution in [3.05, 3.63) is 0 Å². The normalized spacial score (nSPS) is 23.4. The van der Waals surface area contributed by atoms with Gasteiger partial charge in [0, 0.05) is 24.3 Å². The van der Waals surface area contributed by atoms with E-state index in [4.69, 9.17) is 0 Å². The van der Waals surface area contributed by atoms with E-state index in [-0.39, 0.29) is 11.8 Å². The highest BCUT2D eigenvalue weighted by molar-refractivity contribution is 7.96. The Balaban J connectivity index is 1.89. The van der Waals surface area contributed by atoms with Crippen LogP contribution in [0.25, 0.3) is 0 Å². The standard InChI is InChI=1S/C5H8N4O2S2/c10-4-1-6-12-8(4)3-9-5(11)2-7-13-9/h6-7H,1-3H2. The van der Waals surface area contributed by atoms with Crippen molar-refractivity contribution < 1.29 is 9.59 Å². The van der Waals surface area contributed by atoms with Crippen molar-refractivity contribution in [3.8, 4) is 0 Å². The molecule has 2 amide bonds. The lowest BCUT2D eigenvalue weighted by atomic mass is 10.6. The number of carbonyl (C=O) groups excluding carboxylic acids is 2. The summed E-state index contributed by atoms with van der Waals surface area (Å²) < 4.78 is 8.72. The largest absolute Gasteiger partial charge is 0.272 e. The van der Waals surface area contributed by atoms with Crippen molar-refractivity contribution in [1.82, 2.24) is 18.1 Å². The molecule has 13 heavy (non-hydrogen) atoms. The average Bonchev–Trinajstić information content (AvgIpc) is 2.65. The van der Waals surface area contributed by atoms with Crippen molar-refractivity contribution in [2.45, 2.75) is 0 Å². The van der Waals surface area contributed by atoms with Gasteiger partial charge in [0.25, 0.3) is 0 Å². The van der Waals surface area contributed by atoms with E-state index >= 15 is 0 Å². The van der Waals surface area contributed by atoms with Gasteiger partial charge in [-0.15, -0.1) is 0 Å². The molecule has 0 radical (unpaired) electrons. The summed E-state index contributed by atoms with van der Waals surface area (Å²) in [5, 5.41) is 0. The van der Waals surface area contributed by atoms with E-state index in [1.54, 1.807) is 0 Å². The van der Waals surface area contributed by atoms with Gasteiger partial charge in [0.1, 0.15) is 6.67 Å². The van der Waals surface area contributed by atoms with Gasteiger partial charge < -0.3 is 0 Å². The first-order valence-electron chi connectivity index (χ1n) is 3.68. The maximum absolute atomic E-state index is 11.1. The summed E-state index contributed by atoms with van der Waals surface area (Å²) in [5.41, 5.74) is 0. The molecule has 0 aromatic carbocycles. The summed E-state index contributed by atoms with van der Waals surface area (Å²) in [5.74, 6) is 0.00981. The van der Waals surface area contributed by atoms with Crippen LogP contribution >= 0.6 is 24.3 Å². The predicted molar refractivity (Wildman–Crippen MR) is 49.7 cm³/mol. The van der Waals surface area contributed by atoms with Crippen LogP contribution < -0.4 is 9.44 Å². The van der Waals surface area contributed by atoms with Gasteiger partial charge in [0.15, 0.2) is 0 Å². The molecule has 0 aromatic rings. The maximum Gasteiger partial charge on any atom is 0.249 e. The number of hydrogen-bond donors (Lipinski definition) is 2. The Hall–Kier alpha value is -0.440. The third-order valence-electron chi connectivity index (χ3n) is 1.61. The zero-order chi connectivity index (χ0) is 9.26. The minimum atomic E-state index is 0.00491. The molecule has 72 valence electrons. The van der Waals surface area contributed by atoms with Crippen LogP contribution in [0.2, 0.25) is 0 Å². The average molecular weight is 220 g/mol. The summed E-state index contributed by atoms with van der Waals surface area (Å²) in [6.07, 6.45) is 0. The molecule has 0 aromatic heterocycles. The molecule has 8 heteroatoms. The molecule has 0 saturated carbocycles. The molecule has 0 atom stereocenters. The summed E-state index contributed by atoms with van der Waals surface area (Å²) in [7, 11) is 0. The predicted octanol–water partition coefficient (Wildman–Crippen LogP) is -1.07. The van der Waals surface area contributed by atoms with Crippen LogP contribution in [-0.4, -0.2) is 40.2 Å². The topological polar surface area (TPSA) is 64.7 Å². The van der Waals surface area contributed by atoms with E-state index in [1.807, 2.05) is 0 Å². The van der Waals surface area contributed by atoms with Crippen molar-refractivity contribution >= 4 is 36.1 Å². The van der Waals surface area contributed by atoms with Crippen molar-refractivity contribution in [1.29, 1.82) is 0 Å². The Morgan fingerprint density at radius 1 is 1.08 bits per heavy atom. The van der Waals surface area contributed by atoms with Crippen molar-refractivity contribution in [3.63, 3.8) is 0 Å². The Bertz CT molecular complexity index is 225. The van der Waals surface area contributed by atoms with Gasteiger partial charge in [-0.3, -0.25) is 18.2 Å². The van der Waals surface area contributed by atoms with Crippen LogP contribution in [0.1, 0.15) is 0 Å². The molecule has 6 nitrogen and oxygen atoms in total. The van der Waals surface area contributed by atoms with Gasteiger partial charge in [-0.05, 0) is 0 Å². The molecule has 2 aliphatic rings. The van der Waals surface area contributed by atoms with Gasteiger partial charge in [-0.1, -0.05) is 0 Å². The Kier molecular flexibility index (Phi) is 2.63. The van der Waals surface area contributed by atoms with Crippen LogP contribution in [0.5, 0.6) is 0 Å². The number of amides is 2. The highest BCUT2D eigenvalue weighted by Crippen LogP contribution is 2.19. The third-order valence-corrected chi connectivity index (χ3v) is 3.24. The van der Waals surface area contributed by atoms with Crippen LogP contribution in [0.15, 0.2) is 0 Å². The minimum Gasteiger partial charge on any atom is -0.272 e. The number of nitrogens with one attached hydrogen (secondary N) is 2. The molecular formula is C5H8N4O2S2. The molecule has 2 rings (SSSR count). The maximum atomic E-state index is 11.1. The summed E-state index contributed by atoms with van der Waals surface area (Å²) in [6, 6.07) is 0. The molecule has 2 fully saturated rings. The lowest BCUT2D eigenvalue weighted by molar-refractivity contribution is -0.128. The third kappa shape index (κ3) is 1.90. The number of rotatable bonds is 2. The highest BCUT2D eigenvalue weighted by atomic mass is 32.2. The highest BCUT2D eigenvalue weighted by Gasteiger charge is 2.28. The zero-order valence-corrected chi connectivity index (χ0v) is 8.28. The minimum absolute atomic E-state index is 0.00491. The lowest BCUT2D eigenvalue weighted by Crippen LogP contribution is -2.33. The molecule has 2 N–H and O–H groups in total. The Morgan fingerprint density at radius 3 is 1.85 bits per heavy atom. The molecule has 0 aliphatic carbocycles. The van der Waals surface area contributed by atoms with E-state index in [9.17, 15) is 9.59 Å². The van der Waals surface area contributed by atoms with Crippen LogP contribution in [-0.2, 0) is 9.59 Å². The van der Waals surface area contributed by atoms with Crippen molar-refractivity contribution in [2.75, 3.05) is 19.8 Å². The Labute approximate surface area is 83.9 Å². The second-order valence-corrected chi connectivity index (χ2v) is 4.33. The number of nitrogens with zero attached hydrogens (tertiary/aromatic N) is 2. The lowest BCUT2D eigenvalue weighted by Gasteiger charge is -2.18. The smallest absolute Gasteiger partial charge is 0.249 e. The second-order valence-electron chi connectivity index (χ2n) is 2.51. The first-order chi connectivity index (χ1) is 6.27. The number of hydrogen-bond acceptors (Lipinski definition) is 6. The van der Waals surface area contributed by atoms with E-state index in [0.29, 0.717) is 19.8 Å². The number of carbonyl (C=O) groups is 2. The van der Waals surface area contributed by atoms with E-state index < -0.39 is 0 Å². The zero-order valence-electron chi connectivity index (χ0n) is 6.65. The first kappa shape index (κ1) is 9.13. The quantitative estimate of drug-likeness (QED) is 0.578. The SMILES string of the molecule is O=C1CNSN1CN1SNCC1=O. The van der Waals surface area contributed by atoms with Gasteiger partial charge in [-0.25, -0.2) is 9.44 Å². The second kappa shape index (κ2) is 3.74. The van der Waals surface area contributed by atoms with Crippen LogP contribution in [0.4, 0.5) is 0 Å². The summed E-state index contributed by atoms with van der Waals surface area (Å²) in [4.78, 5) is 22.3. The van der Waals surface area contributed by atoms with E-state index in [2.05, 4.69) is 9.44 Å². The fraction of sp³-hybridized carbons (Fsp3) is 0.600. The summed E-state index contributed by atoms with van der Waals surface area (Å²) in [6.45, 7) is 1.00. The van der Waals surface area contributed by atoms with Crippen LogP contribution in [0, 0.1) is 0 Å². The molecule has 2 heterocycles. The van der Waals surface area contributed by atoms with Crippen molar-refractivity contribution in [2.24, 2.45) is 0 Å². The molecule has 2 saturated heterocycles. The summed E-state index contributed by atoms with van der Waals surface area (Å²) >= 11 is 2.48. The molecule has 0 spiro atoms. The van der Waals surface area contributed by atoms with E-state index in [1.165, 1.54) is 32.9 Å². The molecule has 2 aliphatic heterocycles. The molecule has 0 bridgehead atoms. The van der Waals surface area contributed by atoms with E-state index in [0.717, 1.165) is 0 Å². The molecule has 0 unspecified atom stereocenters. The van der Waals surface area contributed by atoms with Crippen LogP contribution in [0.3, 0.4) is 0 Å². The van der Waals surface area contributed by atoms with Gasteiger partial charge in [-0.2, -0.15) is 0 Å². The molecular weight excluding hydrogens is 212 g/mol.